The Bertz CT molecular complexity index is 517. The number of rotatable bonds is 3. The number of carbonyl (C=O) groups is 2. The van der Waals surface area contributed by atoms with Crippen molar-refractivity contribution in [3.8, 4) is 5.88 Å². The molecule has 7 nitrogen and oxygen atoms in total. The molecule has 0 saturated heterocycles. The summed E-state index contributed by atoms with van der Waals surface area (Å²) in [6.45, 7) is 0.692. The van der Waals surface area contributed by atoms with Gasteiger partial charge in [-0.25, -0.2) is 0 Å². The van der Waals surface area contributed by atoms with E-state index in [0.717, 1.165) is 6.07 Å². The lowest BCUT2D eigenvalue weighted by molar-refractivity contribution is -0.137. The smallest absolute Gasteiger partial charge is 0.323 e. The van der Waals surface area contributed by atoms with Crippen molar-refractivity contribution >= 4 is 11.9 Å². The highest BCUT2D eigenvalue weighted by atomic mass is 16.4. The number of primary amides is 1. The van der Waals surface area contributed by atoms with E-state index in [2.05, 4.69) is 0 Å². The zero-order chi connectivity index (χ0) is 12.5. The van der Waals surface area contributed by atoms with Gasteiger partial charge in [-0.1, -0.05) is 0 Å². The molecule has 0 radical (unpaired) electrons. The topological polar surface area (TPSA) is 123 Å². The number of carbonyl (C=O) groups excluding carboxylic acids is 1. The maximum atomic E-state index is 11.6. The van der Waals surface area contributed by atoms with Gasteiger partial charge in [0, 0.05) is 6.07 Å². The Balaban J connectivity index is 3.51. The molecule has 0 aliphatic rings. The molecule has 1 heterocycles. The van der Waals surface area contributed by atoms with Crippen molar-refractivity contribution < 1.29 is 19.8 Å². The molecule has 1 aromatic rings. The lowest BCUT2D eigenvalue weighted by Crippen LogP contribution is -2.32. The molecule has 1 rings (SSSR count). The number of aliphatic carboxylic acids is 1. The van der Waals surface area contributed by atoms with Gasteiger partial charge in [0.05, 0.1) is 0 Å². The van der Waals surface area contributed by atoms with Crippen LogP contribution < -0.4 is 11.3 Å². The second-order valence-electron chi connectivity index (χ2n) is 3.21. The van der Waals surface area contributed by atoms with E-state index in [1.807, 2.05) is 0 Å². The van der Waals surface area contributed by atoms with E-state index in [0.29, 0.717) is 4.57 Å². The highest BCUT2D eigenvalue weighted by Gasteiger charge is 2.17. The summed E-state index contributed by atoms with van der Waals surface area (Å²) in [5.41, 5.74) is 3.96. The van der Waals surface area contributed by atoms with Gasteiger partial charge in [-0.15, -0.1) is 0 Å². The highest BCUT2D eigenvalue weighted by Crippen LogP contribution is 2.11. The first-order valence-corrected chi connectivity index (χ1v) is 4.29. The number of hydrogen-bond donors (Lipinski definition) is 3. The van der Waals surface area contributed by atoms with E-state index in [1.165, 1.54) is 6.92 Å². The van der Waals surface area contributed by atoms with Crippen molar-refractivity contribution in [2.45, 2.75) is 13.5 Å². The Morgan fingerprint density at radius 2 is 2.06 bits per heavy atom. The Kier molecular flexibility index (Phi) is 2.98. The molecule has 0 fully saturated rings. The van der Waals surface area contributed by atoms with Gasteiger partial charge in [-0.05, 0) is 12.5 Å². The average Bonchev–Trinajstić information content (AvgIpc) is 2.10. The minimum Gasteiger partial charge on any atom is -0.494 e. The van der Waals surface area contributed by atoms with E-state index in [-0.39, 0.29) is 11.1 Å². The van der Waals surface area contributed by atoms with Crippen LogP contribution in [-0.2, 0) is 11.3 Å². The van der Waals surface area contributed by atoms with Crippen LogP contribution in [-0.4, -0.2) is 26.7 Å². The van der Waals surface area contributed by atoms with Gasteiger partial charge in [-0.3, -0.25) is 19.0 Å². The summed E-state index contributed by atoms with van der Waals surface area (Å²) in [6.07, 6.45) is 0. The van der Waals surface area contributed by atoms with Gasteiger partial charge < -0.3 is 15.9 Å². The first-order chi connectivity index (χ1) is 7.34. The molecule has 0 saturated carbocycles. The third-order valence-electron chi connectivity index (χ3n) is 2.02. The molecule has 0 unspecified atom stereocenters. The summed E-state index contributed by atoms with van der Waals surface area (Å²) in [6, 6.07) is 1.12. The molecule has 0 aliphatic carbocycles. The maximum absolute atomic E-state index is 11.6. The number of nitrogens with zero attached hydrogens (tertiary/aromatic N) is 1. The number of hydrogen-bond acceptors (Lipinski definition) is 4. The summed E-state index contributed by atoms with van der Waals surface area (Å²) in [7, 11) is 0. The Hall–Kier alpha value is -2.31. The van der Waals surface area contributed by atoms with Crippen LogP contribution in [0.25, 0.3) is 0 Å². The quantitative estimate of drug-likeness (QED) is 0.612. The van der Waals surface area contributed by atoms with Crippen LogP contribution >= 0.6 is 0 Å². The van der Waals surface area contributed by atoms with Gasteiger partial charge in [0.15, 0.2) is 5.88 Å². The fourth-order valence-electron chi connectivity index (χ4n) is 1.34. The Morgan fingerprint density at radius 3 is 2.50 bits per heavy atom. The van der Waals surface area contributed by atoms with Crippen LogP contribution in [0.4, 0.5) is 0 Å². The Labute approximate surface area is 89.7 Å². The minimum atomic E-state index is -1.31. The second-order valence-corrected chi connectivity index (χ2v) is 3.21. The van der Waals surface area contributed by atoms with Gasteiger partial charge in [0.1, 0.15) is 12.1 Å². The molecule has 86 valence electrons. The van der Waals surface area contributed by atoms with Crippen molar-refractivity contribution in [2.75, 3.05) is 0 Å². The van der Waals surface area contributed by atoms with E-state index in [9.17, 15) is 19.5 Å². The molecular formula is C9H10N2O5. The third-order valence-corrected chi connectivity index (χ3v) is 2.02. The molecule has 1 aromatic heterocycles. The Morgan fingerprint density at radius 1 is 1.50 bits per heavy atom. The normalized spacial score (nSPS) is 10.1. The predicted octanol–water partition coefficient (Wildman–Crippen LogP) is -0.954. The first-order valence-electron chi connectivity index (χ1n) is 4.29. The van der Waals surface area contributed by atoms with Crippen LogP contribution in [0.2, 0.25) is 0 Å². The van der Waals surface area contributed by atoms with Gasteiger partial charge in [0.2, 0.25) is 0 Å². The molecule has 7 heteroatoms. The van der Waals surface area contributed by atoms with Crippen LogP contribution in [0.5, 0.6) is 5.88 Å². The number of amides is 1. The summed E-state index contributed by atoms with van der Waals surface area (Å²) >= 11 is 0. The third kappa shape index (κ3) is 2.02. The minimum absolute atomic E-state index is 0.205. The van der Waals surface area contributed by atoms with Crippen LogP contribution in [0, 0.1) is 6.92 Å². The van der Waals surface area contributed by atoms with Crippen LogP contribution in [0.3, 0.4) is 0 Å². The summed E-state index contributed by atoms with van der Waals surface area (Å²) in [4.78, 5) is 33.1. The number of carboxylic acid groups (broad SMARTS) is 1. The lowest BCUT2D eigenvalue weighted by atomic mass is 10.1. The number of nitrogens with two attached hydrogens (primary N) is 1. The molecule has 0 spiro atoms. The van der Waals surface area contributed by atoms with Gasteiger partial charge in [-0.2, -0.15) is 0 Å². The van der Waals surface area contributed by atoms with Crippen LogP contribution in [0.15, 0.2) is 10.9 Å². The standard InChI is InChI=1S/C9H10N2O5/c1-4-2-5(12)11(3-6(13)14)9(16)7(4)8(10)15/h2,12H,3H2,1H3,(H2,10,15)(H,13,14). The molecule has 0 aromatic carbocycles. The van der Waals surface area contributed by atoms with Crippen molar-refractivity contribution in [2.24, 2.45) is 5.73 Å². The summed E-state index contributed by atoms with van der Waals surface area (Å²) in [5.74, 6) is -2.78. The monoisotopic (exact) mass is 226 g/mol. The van der Waals surface area contributed by atoms with Crippen molar-refractivity contribution in [1.82, 2.24) is 4.57 Å². The molecule has 4 N–H and O–H groups in total. The number of pyridine rings is 1. The van der Waals surface area contributed by atoms with E-state index >= 15 is 0 Å². The fourth-order valence-corrected chi connectivity index (χ4v) is 1.34. The largest absolute Gasteiger partial charge is 0.494 e. The average molecular weight is 226 g/mol. The zero-order valence-corrected chi connectivity index (χ0v) is 8.43. The number of aromatic hydroxyl groups is 1. The second kappa shape index (κ2) is 4.05. The van der Waals surface area contributed by atoms with Crippen molar-refractivity contribution in [1.29, 1.82) is 0 Å². The van der Waals surface area contributed by atoms with E-state index in [4.69, 9.17) is 10.8 Å². The number of aryl methyl sites for hydroxylation is 1. The van der Waals surface area contributed by atoms with Gasteiger partial charge >= 0.3 is 5.97 Å². The number of carboxylic acids is 1. The fraction of sp³-hybridized carbons (Fsp3) is 0.222. The highest BCUT2D eigenvalue weighted by molar-refractivity contribution is 5.94. The molecule has 0 aliphatic heterocycles. The number of aromatic nitrogens is 1. The summed E-state index contributed by atoms with van der Waals surface area (Å²) < 4.78 is 0.565. The molecular weight excluding hydrogens is 216 g/mol. The van der Waals surface area contributed by atoms with Crippen molar-refractivity contribution in [3.05, 3.63) is 27.5 Å². The van der Waals surface area contributed by atoms with E-state index < -0.39 is 29.9 Å². The van der Waals surface area contributed by atoms with E-state index in [1.54, 1.807) is 0 Å². The lowest BCUT2D eigenvalue weighted by Gasteiger charge is -2.09. The van der Waals surface area contributed by atoms with Gasteiger partial charge in [0.25, 0.3) is 11.5 Å². The van der Waals surface area contributed by atoms with Crippen molar-refractivity contribution in [3.63, 3.8) is 0 Å². The molecule has 0 bridgehead atoms. The van der Waals surface area contributed by atoms with Crippen LogP contribution in [0.1, 0.15) is 15.9 Å². The zero-order valence-electron chi connectivity index (χ0n) is 8.43. The molecule has 16 heavy (non-hydrogen) atoms. The maximum Gasteiger partial charge on any atom is 0.323 e. The SMILES string of the molecule is Cc1cc(O)n(CC(=O)O)c(=O)c1C(N)=O. The predicted molar refractivity (Wildman–Crippen MR) is 53.3 cm³/mol. The molecule has 0 atom stereocenters. The first kappa shape index (κ1) is 11.8. The molecule has 1 amide bonds. The summed E-state index contributed by atoms with van der Waals surface area (Å²) in [5, 5.41) is 17.9.